The number of aromatic nitrogens is 3. The number of benzene rings is 1. The number of hydrogen-bond acceptors (Lipinski definition) is 6. The third kappa shape index (κ3) is 4.77. The van der Waals surface area contributed by atoms with Gasteiger partial charge < -0.3 is 14.4 Å². The van der Waals surface area contributed by atoms with Crippen LogP contribution in [0.15, 0.2) is 35.8 Å². The number of H-pyrrole nitrogens is 1. The second-order valence-electron chi connectivity index (χ2n) is 6.75. The third-order valence-electron chi connectivity index (χ3n) is 4.71. The van der Waals surface area contributed by atoms with E-state index < -0.39 is 0 Å². The molecule has 4 rings (SSSR count). The average Bonchev–Trinajstić information content (AvgIpc) is 3.37. The monoisotopic (exact) mass is 432 g/mol. The summed E-state index contributed by atoms with van der Waals surface area (Å²) in [5.41, 5.74) is 4.21. The summed E-state index contributed by atoms with van der Waals surface area (Å²) in [5, 5.41) is 8.06. The Bertz CT molecular complexity index is 990. The van der Waals surface area contributed by atoms with Gasteiger partial charge in [-0.1, -0.05) is 17.7 Å². The number of aryl methyl sites for hydroxylation is 1. The minimum atomic E-state index is -0.250. The smallest absolute Gasteiger partial charge is 0.266 e. The van der Waals surface area contributed by atoms with Crippen LogP contribution in [0.4, 0.5) is 0 Å². The van der Waals surface area contributed by atoms with Gasteiger partial charge in [0.1, 0.15) is 16.7 Å². The van der Waals surface area contributed by atoms with Crippen molar-refractivity contribution in [2.45, 2.75) is 19.4 Å². The maximum atomic E-state index is 12.8. The molecule has 1 unspecified atom stereocenters. The van der Waals surface area contributed by atoms with Crippen LogP contribution >= 0.6 is 22.9 Å². The molecule has 1 saturated heterocycles. The number of nitrogens with one attached hydrogen (secondary N) is 1. The summed E-state index contributed by atoms with van der Waals surface area (Å²) < 4.78 is 11.6. The van der Waals surface area contributed by atoms with Crippen molar-refractivity contribution in [1.82, 2.24) is 20.1 Å². The number of morpholine rings is 1. The van der Waals surface area contributed by atoms with Gasteiger partial charge in [-0.15, -0.1) is 11.3 Å². The van der Waals surface area contributed by atoms with Gasteiger partial charge in [-0.2, -0.15) is 5.10 Å². The Kier molecular flexibility index (Phi) is 6.13. The second kappa shape index (κ2) is 8.94. The summed E-state index contributed by atoms with van der Waals surface area (Å²) in [6.45, 7) is 3.88. The lowest BCUT2D eigenvalue weighted by Crippen LogP contribution is -2.42. The fourth-order valence-electron chi connectivity index (χ4n) is 3.17. The molecule has 1 amide bonds. The van der Waals surface area contributed by atoms with E-state index in [1.54, 1.807) is 11.6 Å². The highest BCUT2D eigenvalue weighted by molar-refractivity contribution is 7.11. The van der Waals surface area contributed by atoms with Crippen molar-refractivity contribution in [3.05, 3.63) is 62.8 Å². The molecule has 1 atom stereocenters. The first-order chi connectivity index (χ1) is 14.1. The Labute approximate surface area is 177 Å². The van der Waals surface area contributed by atoms with Crippen molar-refractivity contribution in [3.8, 4) is 5.75 Å². The van der Waals surface area contributed by atoms with Crippen molar-refractivity contribution in [1.29, 1.82) is 0 Å². The summed E-state index contributed by atoms with van der Waals surface area (Å²) in [6.07, 6.45) is 0.425. The zero-order valence-corrected chi connectivity index (χ0v) is 17.5. The molecule has 0 bridgehead atoms. The third-order valence-corrected chi connectivity index (χ3v) is 5.86. The molecule has 0 aliphatic carbocycles. The average molecular weight is 433 g/mol. The second-order valence-corrected chi connectivity index (χ2v) is 8.04. The first-order valence-corrected chi connectivity index (χ1v) is 10.6. The summed E-state index contributed by atoms with van der Waals surface area (Å²) in [5.74, 6) is 0.740. The Balaban J connectivity index is 1.33. The molecule has 1 aliphatic heterocycles. The molecule has 0 saturated carbocycles. The highest BCUT2D eigenvalue weighted by Gasteiger charge is 2.29. The molecule has 0 radical (unpaired) electrons. The predicted octanol–water partition coefficient (Wildman–Crippen LogP) is 3.66. The number of rotatable bonds is 6. The van der Waals surface area contributed by atoms with E-state index in [1.165, 1.54) is 11.3 Å². The van der Waals surface area contributed by atoms with E-state index in [4.69, 9.17) is 21.1 Å². The first-order valence-electron chi connectivity index (χ1n) is 9.33. The first kappa shape index (κ1) is 19.9. The van der Waals surface area contributed by atoms with Crippen LogP contribution in [0, 0.1) is 6.92 Å². The van der Waals surface area contributed by atoms with Gasteiger partial charge in [0.25, 0.3) is 5.91 Å². The van der Waals surface area contributed by atoms with E-state index in [2.05, 4.69) is 15.2 Å². The van der Waals surface area contributed by atoms with E-state index in [0.29, 0.717) is 42.6 Å². The molecule has 29 heavy (non-hydrogen) atoms. The van der Waals surface area contributed by atoms with E-state index in [9.17, 15) is 4.79 Å². The maximum Gasteiger partial charge on any atom is 0.266 e. The van der Waals surface area contributed by atoms with Crippen LogP contribution in [-0.4, -0.2) is 52.3 Å². The van der Waals surface area contributed by atoms with Crippen LogP contribution in [-0.2, 0) is 11.2 Å². The zero-order chi connectivity index (χ0) is 20.2. The number of aromatic amines is 1. The van der Waals surface area contributed by atoms with Crippen molar-refractivity contribution in [3.63, 3.8) is 0 Å². The standard InChI is InChI=1S/C20H21ClN4O3S/c1-13-19(29-12-22-13)20(26)25-6-8-28-18(11-25)17-10-15(23-24-17)5-7-27-16-4-2-3-14(21)9-16/h2-4,9-10,12,18H,5-8,11H2,1H3,(H,23,24). The summed E-state index contributed by atoms with van der Waals surface area (Å²) in [6, 6.07) is 9.29. The quantitative estimate of drug-likeness (QED) is 0.642. The molecule has 3 heterocycles. The highest BCUT2D eigenvalue weighted by Crippen LogP contribution is 2.24. The lowest BCUT2D eigenvalue weighted by Gasteiger charge is -2.31. The molecule has 0 spiro atoms. The molecule has 3 aromatic rings. The topological polar surface area (TPSA) is 80.3 Å². The van der Waals surface area contributed by atoms with Crippen LogP contribution < -0.4 is 4.74 Å². The van der Waals surface area contributed by atoms with Crippen molar-refractivity contribution < 1.29 is 14.3 Å². The highest BCUT2D eigenvalue weighted by atomic mass is 35.5. The fraction of sp³-hybridized carbons (Fsp3) is 0.350. The molecule has 9 heteroatoms. The molecule has 1 aromatic carbocycles. The van der Waals surface area contributed by atoms with Crippen LogP contribution in [0.5, 0.6) is 5.75 Å². The summed E-state index contributed by atoms with van der Waals surface area (Å²) >= 11 is 7.34. The van der Waals surface area contributed by atoms with Crippen molar-refractivity contribution >= 4 is 28.8 Å². The molecule has 2 aromatic heterocycles. The number of ether oxygens (including phenoxy) is 2. The van der Waals surface area contributed by atoms with Crippen LogP contribution in [0.2, 0.25) is 5.02 Å². The van der Waals surface area contributed by atoms with Gasteiger partial charge in [-0.05, 0) is 31.2 Å². The van der Waals surface area contributed by atoms with Gasteiger partial charge in [-0.3, -0.25) is 9.89 Å². The largest absolute Gasteiger partial charge is 0.493 e. The Hall–Kier alpha value is -2.42. The number of carbonyl (C=O) groups is 1. The zero-order valence-electron chi connectivity index (χ0n) is 15.9. The molecule has 7 nitrogen and oxygen atoms in total. The normalized spacial score (nSPS) is 16.8. The van der Waals surface area contributed by atoms with Crippen LogP contribution in [0.3, 0.4) is 0 Å². The number of hydrogen-bond donors (Lipinski definition) is 1. The maximum absolute atomic E-state index is 12.8. The Morgan fingerprint density at radius 1 is 1.45 bits per heavy atom. The van der Waals surface area contributed by atoms with Crippen molar-refractivity contribution in [2.75, 3.05) is 26.3 Å². The lowest BCUT2D eigenvalue weighted by atomic mass is 10.1. The molecular weight excluding hydrogens is 412 g/mol. The van der Waals surface area contributed by atoms with Crippen LogP contribution in [0.25, 0.3) is 0 Å². The molecule has 1 aliphatic rings. The summed E-state index contributed by atoms with van der Waals surface area (Å²) in [7, 11) is 0. The lowest BCUT2D eigenvalue weighted by molar-refractivity contribution is -0.0246. The van der Waals surface area contributed by atoms with E-state index >= 15 is 0 Å². The minimum absolute atomic E-state index is 0.00369. The van der Waals surface area contributed by atoms with Crippen molar-refractivity contribution in [2.24, 2.45) is 0 Å². The van der Waals surface area contributed by atoms with Gasteiger partial charge in [0.15, 0.2) is 0 Å². The van der Waals surface area contributed by atoms with Gasteiger partial charge in [0, 0.05) is 23.7 Å². The molecule has 1 N–H and O–H groups in total. The van der Waals surface area contributed by atoms with Crippen LogP contribution in [0.1, 0.15) is 32.9 Å². The SMILES string of the molecule is Cc1ncsc1C(=O)N1CCOC(c2cc(CCOc3cccc(Cl)c3)[nH]n2)C1. The summed E-state index contributed by atoms with van der Waals surface area (Å²) in [4.78, 5) is 19.4. The van der Waals surface area contributed by atoms with E-state index in [-0.39, 0.29) is 12.0 Å². The van der Waals surface area contributed by atoms with Gasteiger partial charge in [-0.25, -0.2) is 4.98 Å². The Morgan fingerprint density at radius 3 is 3.14 bits per heavy atom. The fourth-order valence-corrected chi connectivity index (χ4v) is 4.12. The van der Waals surface area contributed by atoms with E-state index in [0.717, 1.165) is 22.8 Å². The van der Waals surface area contributed by atoms with Gasteiger partial charge in [0.2, 0.25) is 0 Å². The molecule has 152 valence electrons. The van der Waals surface area contributed by atoms with E-state index in [1.807, 2.05) is 36.1 Å². The molecule has 1 fully saturated rings. The Morgan fingerprint density at radius 2 is 2.34 bits per heavy atom. The number of amides is 1. The predicted molar refractivity (Wildman–Crippen MR) is 111 cm³/mol. The van der Waals surface area contributed by atoms with Gasteiger partial charge in [0.05, 0.1) is 36.7 Å². The number of carbonyl (C=O) groups excluding carboxylic acids is 1. The number of nitrogens with zero attached hydrogens (tertiary/aromatic N) is 3. The molecular formula is C20H21ClN4O3S. The number of halogens is 1. The minimum Gasteiger partial charge on any atom is -0.493 e. The number of thiazole rings is 1. The van der Waals surface area contributed by atoms with Gasteiger partial charge >= 0.3 is 0 Å².